The Kier molecular flexibility index (Phi) is 8.29. The molecule has 1 saturated heterocycles. The molecule has 1 aromatic heterocycles. The molecule has 2 aliphatic rings. The van der Waals surface area contributed by atoms with Gasteiger partial charge in [0.15, 0.2) is 0 Å². The van der Waals surface area contributed by atoms with Crippen LogP contribution in [0.1, 0.15) is 25.3 Å². The number of hydrogen-bond donors (Lipinski definition) is 2. The summed E-state index contributed by atoms with van der Waals surface area (Å²) in [6.45, 7) is 3.79. The molecule has 13 heteroatoms. The zero-order valence-corrected chi connectivity index (χ0v) is 19.5. The average molecular weight is 493 g/mol. The van der Waals surface area contributed by atoms with Crippen LogP contribution in [0.4, 0.5) is 19.1 Å². The van der Waals surface area contributed by atoms with E-state index in [-0.39, 0.29) is 30.6 Å². The lowest BCUT2D eigenvalue weighted by Gasteiger charge is -2.34. The molecule has 0 bridgehead atoms. The van der Waals surface area contributed by atoms with E-state index in [9.17, 15) is 22.8 Å². The number of aromatic nitrogens is 2. The molecule has 0 aliphatic carbocycles. The van der Waals surface area contributed by atoms with E-state index >= 15 is 0 Å². The molecule has 1 fully saturated rings. The van der Waals surface area contributed by atoms with Gasteiger partial charge in [-0.05, 0) is 13.3 Å². The summed E-state index contributed by atoms with van der Waals surface area (Å²) in [6.07, 6.45) is 2.18. The van der Waals surface area contributed by atoms with E-state index < -0.39 is 17.7 Å². The molecule has 3 heterocycles. The lowest BCUT2D eigenvalue weighted by molar-refractivity contribution is -0.137. The van der Waals surface area contributed by atoms with Crippen LogP contribution >= 0.6 is 0 Å². The van der Waals surface area contributed by atoms with Crippen LogP contribution in [0.2, 0.25) is 0 Å². The number of likely N-dealkylation sites (N-methyl/N-ethyl adjacent to an activating group) is 1. The molecule has 10 nitrogen and oxygen atoms in total. The first-order valence-electron chi connectivity index (χ1n) is 11.1. The highest BCUT2D eigenvalue weighted by Crippen LogP contribution is 2.29. The molecular formula is C22H27F3N8O2. The second-order valence-electron chi connectivity index (χ2n) is 8.36. The first-order chi connectivity index (χ1) is 16.6. The minimum absolute atomic E-state index is 0.0464. The van der Waals surface area contributed by atoms with Crippen molar-refractivity contribution in [1.29, 1.82) is 5.26 Å². The molecular weight excluding hydrogens is 465 g/mol. The predicted molar refractivity (Wildman–Crippen MR) is 120 cm³/mol. The number of rotatable bonds is 7. The normalized spacial score (nSPS) is 18.5. The van der Waals surface area contributed by atoms with E-state index in [1.54, 1.807) is 24.0 Å². The largest absolute Gasteiger partial charge is 0.423 e. The smallest absolute Gasteiger partial charge is 0.384 e. The fourth-order valence-electron chi connectivity index (χ4n) is 3.81. The minimum Gasteiger partial charge on any atom is -0.384 e. The Hall–Kier alpha value is -3.66. The van der Waals surface area contributed by atoms with Crippen LogP contribution in [-0.4, -0.2) is 83.7 Å². The number of carbonyl (C=O) groups excluding carboxylic acids is 2. The van der Waals surface area contributed by atoms with Gasteiger partial charge in [-0.25, -0.2) is 15.0 Å². The van der Waals surface area contributed by atoms with E-state index in [2.05, 4.69) is 20.7 Å². The number of nitrogens with one attached hydrogen (secondary N) is 2. The Labute approximate surface area is 201 Å². The number of hydrazine groups is 1. The number of nitrogens with zero attached hydrogens (tertiary/aromatic N) is 6. The summed E-state index contributed by atoms with van der Waals surface area (Å²) in [4.78, 5) is 36.3. The van der Waals surface area contributed by atoms with Gasteiger partial charge >= 0.3 is 6.18 Å². The lowest BCUT2D eigenvalue weighted by atomic mass is 10.1. The third-order valence-electron chi connectivity index (χ3n) is 5.55. The number of amides is 2. The highest BCUT2D eigenvalue weighted by molar-refractivity contribution is 5.95. The van der Waals surface area contributed by atoms with Crippen molar-refractivity contribution in [1.82, 2.24) is 30.6 Å². The molecule has 2 aliphatic heterocycles. The van der Waals surface area contributed by atoms with Crippen molar-refractivity contribution in [3.63, 3.8) is 0 Å². The number of nitriles is 1. The first-order valence-corrected chi connectivity index (χ1v) is 11.1. The molecule has 0 radical (unpaired) electrons. The summed E-state index contributed by atoms with van der Waals surface area (Å²) in [7, 11) is 1.49. The third-order valence-corrected chi connectivity index (χ3v) is 5.55. The quantitative estimate of drug-likeness (QED) is 0.544. The average Bonchev–Trinajstić information content (AvgIpc) is 2.80. The Morgan fingerprint density at radius 3 is 2.51 bits per heavy atom. The predicted octanol–water partition coefficient (Wildman–Crippen LogP) is 1.10. The van der Waals surface area contributed by atoms with Crippen molar-refractivity contribution in [3.8, 4) is 6.07 Å². The Balaban J connectivity index is 1.45. The first kappa shape index (κ1) is 26.0. The molecule has 3 rings (SSSR count). The second kappa shape index (κ2) is 11.2. The van der Waals surface area contributed by atoms with Gasteiger partial charge in [0.05, 0.1) is 24.5 Å². The van der Waals surface area contributed by atoms with Crippen LogP contribution in [0.15, 0.2) is 35.8 Å². The lowest BCUT2D eigenvalue weighted by Crippen LogP contribution is -2.51. The van der Waals surface area contributed by atoms with Gasteiger partial charge in [-0.2, -0.15) is 18.4 Å². The molecule has 1 atom stereocenters. The van der Waals surface area contributed by atoms with Gasteiger partial charge < -0.3 is 15.1 Å². The van der Waals surface area contributed by atoms with Gasteiger partial charge in [0, 0.05) is 51.4 Å². The number of piperazine rings is 1. The number of alkyl halides is 3. The topological polar surface area (TPSA) is 117 Å². The van der Waals surface area contributed by atoms with Crippen LogP contribution < -0.4 is 15.6 Å². The Morgan fingerprint density at radius 1 is 1.26 bits per heavy atom. The maximum Gasteiger partial charge on any atom is 0.423 e. The molecule has 0 saturated carbocycles. The van der Waals surface area contributed by atoms with Crippen molar-refractivity contribution < 1.29 is 22.8 Å². The second-order valence-corrected chi connectivity index (χ2v) is 8.36. The summed E-state index contributed by atoms with van der Waals surface area (Å²) in [5.74, 6) is -0.717. The number of carbonyl (C=O) groups is 2. The maximum absolute atomic E-state index is 13.3. The standard InChI is InChI=1S/C22H27F3N8O2/c1-15(29-17-14-31(2)30-20(35)19(17)22(23,24)25)5-3-4-6-18(34)32-7-9-33(10-8-32)21-27-12-16(11-26)13-28-21/h3-4,12-13,15,29H,5-10,14H2,1-2H3,(H,30,35)/b4-3+/t15-/m0/s1. The molecule has 1 aromatic rings. The van der Waals surface area contributed by atoms with Gasteiger partial charge in [0.1, 0.15) is 11.6 Å². The highest BCUT2D eigenvalue weighted by Gasteiger charge is 2.44. The molecule has 2 N–H and O–H groups in total. The fraction of sp³-hybridized carbons (Fsp3) is 0.500. The van der Waals surface area contributed by atoms with Gasteiger partial charge in [-0.1, -0.05) is 12.2 Å². The van der Waals surface area contributed by atoms with Crippen molar-refractivity contribution in [2.24, 2.45) is 0 Å². The Bertz CT molecular complexity index is 1020. The van der Waals surface area contributed by atoms with Gasteiger partial charge in [0.25, 0.3) is 5.91 Å². The molecule has 188 valence electrons. The zero-order chi connectivity index (χ0) is 25.6. The summed E-state index contributed by atoms with van der Waals surface area (Å²) in [5, 5.41) is 12.9. The van der Waals surface area contributed by atoms with E-state index in [0.717, 1.165) is 0 Å². The van der Waals surface area contributed by atoms with Crippen LogP contribution in [0, 0.1) is 11.3 Å². The molecule has 35 heavy (non-hydrogen) atoms. The number of hydrogen-bond acceptors (Lipinski definition) is 8. The van der Waals surface area contributed by atoms with Crippen molar-refractivity contribution in [2.45, 2.75) is 32.0 Å². The number of halogens is 3. The number of anilines is 1. The van der Waals surface area contributed by atoms with E-state index in [0.29, 0.717) is 44.1 Å². The van der Waals surface area contributed by atoms with Gasteiger partial charge in [0.2, 0.25) is 11.9 Å². The molecule has 0 spiro atoms. The van der Waals surface area contributed by atoms with Crippen molar-refractivity contribution in [3.05, 3.63) is 41.4 Å². The zero-order valence-electron chi connectivity index (χ0n) is 19.5. The van der Waals surface area contributed by atoms with E-state index in [4.69, 9.17) is 5.26 Å². The third kappa shape index (κ3) is 6.92. The minimum atomic E-state index is -4.76. The summed E-state index contributed by atoms with van der Waals surface area (Å²) in [6, 6.07) is 1.60. The van der Waals surface area contributed by atoms with E-state index in [1.807, 2.05) is 11.0 Å². The summed E-state index contributed by atoms with van der Waals surface area (Å²) in [5.41, 5.74) is 1.14. The van der Waals surface area contributed by atoms with Crippen LogP contribution in [0.25, 0.3) is 0 Å². The molecule has 0 aromatic carbocycles. The van der Waals surface area contributed by atoms with Crippen LogP contribution in [-0.2, 0) is 9.59 Å². The summed E-state index contributed by atoms with van der Waals surface area (Å²) >= 11 is 0. The molecule has 2 amide bonds. The summed E-state index contributed by atoms with van der Waals surface area (Å²) < 4.78 is 39.9. The maximum atomic E-state index is 13.3. The Morgan fingerprint density at radius 2 is 1.91 bits per heavy atom. The van der Waals surface area contributed by atoms with Crippen LogP contribution in [0.3, 0.4) is 0 Å². The van der Waals surface area contributed by atoms with E-state index in [1.165, 1.54) is 24.5 Å². The SMILES string of the molecule is C[C@@H](C/C=C/CC(=O)N1CCN(c2ncc(C#N)cn2)CC1)NC1=C(C(F)(F)F)C(=O)NN(C)C1. The monoisotopic (exact) mass is 492 g/mol. The van der Waals surface area contributed by atoms with Crippen molar-refractivity contribution in [2.75, 3.05) is 44.7 Å². The van der Waals surface area contributed by atoms with Crippen LogP contribution in [0.5, 0.6) is 0 Å². The van der Waals surface area contributed by atoms with Gasteiger partial charge in [-0.3, -0.25) is 15.0 Å². The fourth-order valence-corrected chi connectivity index (χ4v) is 3.81. The highest BCUT2D eigenvalue weighted by atomic mass is 19.4. The van der Waals surface area contributed by atoms with Crippen molar-refractivity contribution >= 4 is 17.8 Å². The van der Waals surface area contributed by atoms with Gasteiger partial charge in [-0.15, -0.1) is 0 Å². The molecule has 0 unspecified atom stereocenters.